The number of ether oxygens (including phenoxy) is 1. The van der Waals surface area contributed by atoms with Gasteiger partial charge in [-0.3, -0.25) is 4.79 Å². The summed E-state index contributed by atoms with van der Waals surface area (Å²) in [5, 5.41) is 11.2. The van der Waals surface area contributed by atoms with E-state index >= 15 is 0 Å². The van der Waals surface area contributed by atoms with Crippen molar-refractivity contribution in [1.29, 1.82) is 5.26 Å². The largest absolute Gasteiger partial charge is 0.449 e. The summed E-state index contributed by atoms with van der Waals surface area (Å²) in [5.74, 6) is -0.986. The molecule has 5 nitrogen and oxygen atoms in total. The van der Waals surface area contributed by atoms with E-state index in [-0.39, 0.29) is 12.5 Å². The molecule has 0 aliphatic heterocycles. The molecule has 2 aromatic rings. The summed E-state index contributed by atoms with van der Waals surface area (Å²) in [7, 11) is 0. The molecular formula is C18H16N2O3. The van der Waals surface area contributed by atoms with Gasteiger partial charge in [0.05, 0.1) is 0 Å². The lowest BCUT2D eigenvalue weighted by Crippen LogP contribution is -2.43. The first-order chi connectivity index (χ1) is 11.2. The number of hydrogen-bond acceptors (Lipinski definition) is 4. The van der Waals surface area contributed by atoms with Gasteiger partial charge in [-0.15, -0.1) is 0 Å². The third-order valence-electron chi connectivity index (χ3n) is 3.19. The maximum Gasteiger partial charge on any atom is 0.330 e. The van der Waals surface area contributed by atoms with E-state index in [1.807, 2.05) is 30.3 Å². The Bertz CT molecular complexity index is 693. The number of nitriles is 1. The van der Waals surface area contributed by atoms with E-state index in [1.54, 1.807) is 36.4 Å². The molecule has 23 heavy (non-hydrogen) atoms. The zero-order chi connectivity index (χ0) is 16.5. The number of amides is 1. The monoisotopic (exact) mass is 308 g/mol. The van der Waals surface area contributed by atoms with Gasteiger partial charge in [-0.05, 0) is 17.7 Å². The van der Waals surface area contributed by atoms with E-state index in [1.165, 1.54) is 0 Å². The van der Waals surface area contributed by atoms with Gasteiger partial charge in [0.1, 0.15) is 12.1 Å². The molecule has 0 aliphatic rings. The van der Waals surface area contributed by atoms with Crippen LogP contribution in [0.25, 0.3) is 0 Å². The Labute approximate surface area is 134 Å². The molecule has 0 fully saturated rings. The molecule has 2 rings (SSSR count). The van der Waals surface area contributed by atoms with Crippen LogP contribution in [-0.2, 0) is 16.0 Å². The summed E-state index contributed by atoms with van der Waals surface area (Å²) in [4.78, 5) is 24.3. The summed E-state index contributed by atoms with van der Waals surface area (Å²) in [5.41, 5.74) is 1.35. The van der Waals surface area contributed by atoms with Crippen molar-refractivity contribution in [3.05, 3.63) is 71.8 Å². The molecule has 0 radical (unpaired) electrons. The van der Waals surface area contributed by atoms with Gasteiger partial charge < -0.3 is 10.1 Å². The van der Waals surface area contributed by atoms with Gasteiger partial charge in [-0.2, -0.15) is 5.26 Å². The van der Waals surface area contributed by atoms with Gasteiger partial charge in [0.2, 0.25) is 0 Å². The molecular weight excluding hydrogens is 292 g/mol. The first kappa shape index (κ1) is 16.2. The second-order valence-electron chi connectivity index (χ2n) is 4.85. The standard InChI is InChI=1S/C18H16N2O3/c19-11-12-23-18(22)16(13-14-7-3-1-4-8-14)20-17(21)15-9-5-2-6-10-15/h1-10,16H,12-13H2,(H,20,21)/t16-/m0/s1. The van der Waals surface area contributed by atoms with Crippen molar-refractivity contribution in [3.8, 4) is 6.07 Å². The van der Waals surface area contributed by atoms with Gasteiger partial charge in [-0.1, -0.05) is 48.5 Å². The Hall–Kier alpha value is -3.13. The molecule has 0 saturated heterocycles. The number of rotatable bonds is 6. The number of carbonyl (C=O) groups excluding carboxylic acids is 2. The molecule has 0 aliphatic carbocycles. The van der Waals surface area contributed by atoms with Crippen molar-refractivity contribution in [2.24, 2.45) is 0 Å². The number of nitrogens with one attached hydrogen (secondary N) is 1. The van der Waals surface area contributed by atoms with E-state index in [0.29, 0.717) is 12.0 Å². The molecule has 0 saturated carbocycles. The number of nitrogens with zero attached hydrogens (tertiary/aromatic N) is 1. The highest BCUT2D eigenvalue weighted by atomic mass is 16.5. The molecule has 5 heteroatoms. The predicted molar refractivity (Wildman–Crippen MR) is 84.4 cm³/mol. The van der Waals surface area contributed by atoms with Crippen LogP contribution in [-0.4, -0.2) is 24.5 Å². The van der Waals surface area contributed by atoms with Gasteiger partial charge in [-0.25, -0.2) is 4.79 Å². The van der Waals surface area contributed by atoms with Gasteiger partial charge in [0.15, 0.2) is 6.61 Å². The van der Waals surface area contributed by atoms with Gasteiger partial charge in [0.25, 0.3) is 5.91 Å². The van der Waals surface area contributed by atoms with Crippen molar-refractivity contribution in [2.75, 3.05) is 6.61 Å². The lowest BCUT2D eigenvalue weighted by atomic mass is 10.1. The van der Waals surface area contributed by atoms with Crippen molar-refractivity contribution in [3.63, 3.8) is 0 Å². The second kappa shape index (κ2) is 8.35. The maximum atomic E-state index is 12.2. The summed E-state index contributed by atoms with van der Waals surface area (Å²) in [6, 6.07) is 18.8. The number of benzene rings is 2. The lowest BCUT2D eigenvalue weighted by molar-refractivity contribution is -0.144. The Kier molecular flexibility index (Phi) is 5.89. The van der Waals surface area contributed by atoms with Crippen LogP contribution in [0.1, 0.15) is 15.9 Å². The minimum Gasteiger partial charge on any atom is -0.449 e. The lowest BCUT2D eigenvalue weighted by Gasteiger charge is -2.17. The Balaban J connectivity index is 2.11. The summed E-state index contributed by atoms with van der Waals surface area (Å²) in [6.45, 7) is -0.342. The van der Waals surface area contributed by atoms with Crippen molar-refractivity contribution < 1.29 is 14.3 Å². The maximum absolute atomic E-state index is 12.2. The van der Waals surface area contributed by atoms with E-state index in [2.05, 4.69) is 5.32 Å². The van der Waals surface area contributed by atoms with E-state index in [4.69, 9.17) is 10.00 Å². The predicted octanol–water partition coefficient (Wildman–Crippen LogP) is 2.09. The molecule has 0 aromatic heterocycles. The smallest absolute Gasteiger partial charge is 0.330 e. The highest BCUT2D eigenvalue weighted by Crippen LogP contribution is 2.07. The van der Waals surface area contributed by atoms with Crippen molar-refractivity contribution in [2.45, 2.75) is 12.5 Å². The molecule has 1 N–H and O–H groups in total. The normalized spacial score (nSPS) is 11.1. The summed E-state index contributed by atoms with van der Waals surface area (Å²) >= 11 is 0. The van der Waals surface area contributed by atoms with Crippen LogP contribution in [0.4, 0.5) is 0 Å². The molecule has 1 atom stereocenters. The SMILES string of the molecule is N#CCOC(=O)[C@H](Cc1ccccc1)NC(=O)c1ccccc1. The van der Waals surface area contributed by atoms with E-state index in [0.717, 1.165) is 5.56 Å². The number of carbonyl (C=O) groups is 2. The first-order valence-corrected chi connectivity index (χ1v) is 7.14. The Morgan fingerprint density at radius 1 is 1.04 bits per heavy atom. The van der Waals surface area contributed by atoms with Crippen LogP contribution in [0.15, 0.2) is 60.7 Å². The van der Waals surface area contributed by atoms with Crippen LogP contribution in [0.5, 0.6) is 0 Å². The highest BCUT2D eigenvalue weighted by Gasteiger charge is 2.23. The van der Waals surface area contributed by atoms with E-state index < -0.39 is 12.0 Å². The average Bonchev–Trinajstić information content (AvgIpc) is 2.60. The zero-order valence-corrected chi connectivity index (χ0v) is 12.4. The molecule has 0 spiro atoms. The van der Waals surface area contributed by atoms with E-state index in [9.17, 15) is 9.59 Å². The Morgan fingerprint density at radius 3 is 2.26 bits per heavy atom. The van der Waals surface area contributed by atoms with Crippen LogP contribution < -0.4 is 5.32 Å². The molecule has 116 valence electrons. The topological polar surface area (TPSA) is 79.2 Å². The highest BCUT2D eigenvalue weighted by molar-refractivity contribution is 5.96. The quantitative estimate of drug-likeness (QED) is 0.829. The third-order valence-corrected chi connectivity index (χ3v) is 3.19. The fourth-order valence-corrected chi connectivity index (χ4v) is 2.08. The molecule has 0 unspecified atom stereocenters. The molecule has 0 heterocycles. The number of esters is 1. The molecule has 2 aromatic carbocycles. The molecule has 0 bridgehead atoms. The van der Waals surface area contributed by atoms with Crippen LogP contribution >= 0.6 is 0 Å². The minimum atomic E-state index is -0.849. The van der Waals surface area contributed by atoms with Crippen LogP contribution in [0.2, 0.25) is 0 Å². The van der Waals surface area contributed by atoms with Gasteiger partial charge >= 0.3 is 5.97 Å². The second-order valence-corrected chi connectivity index (χ2v) is 4.85. The zero-order valence-electron chi connectivity index (χ0n) is 12.4. The Morgan fingerprint density at radius 2 is 1.65 bits per heavy atom. The van der Waals surface area contributed by atoms with Crippen LogP contribution in [0.3, 0.4) is 0 Å². The first-order valence-electron chi connectivity index (χ1n) is 7.14. The summed E-state index contributed by atoms with van der Waals surface area (Å²) < 4.78 is 4.85. The minimum absolute atomic E-state index is 0.295. The van der Waals surface area contributed by atoms with Crippen molar-refractivity contribution >= 4 is 11.9 Å². The average molecular weight is 308 g/mol. The fraction of sp³-hybridized carbons (Fsp3) is 0.167. The summed E-state index contributed by atoms with van der Waals surface area (Å²) in [6.07, 6.45) is 0.295. The van der Waals surface area contributed by atoms with Gasteiger partial charge in [0, 0.05) is 12.0 Å². The molecule has 1 amide bonds. The van der Waals surface area contributed by atoms with Crippen molar-refractivity contribution in [1.82, 2.24) is 5.32 Å². The third kappa shape index (κ3) is 4.97. The fourth-order valence-electron chi connectivity index (χ4n) is 2.08. The number of hydrogen-bond donors (Lipinski definition) is 1. The van der Waals surface area contributed by atoms with Crippen LogP contribution in [0, 0.1) is 11.3 Å².